The Bertz CT molecular complexity index is 643. The van der Waals surface area contributed by atoms with Crippen LogP contribution in [0.3, 0.4) is 0 Å². The van der Waals surface area contributed by atoms with Gasteiger partial charge in [-0.3, -0.25) is 15.1 Å². The lowest BCUT2D eigenvalue weighted by atomic mass is 10.1. The summed E-state index contributed by atoms with van der Waals surface area (Å²) in [6.07, 6.45) is 3.50. The molecule has 0 saturated heterocycles. The van der Waals surface area contributed by atoms with Crippen LogP contribution in [0.5, 0.6) is 0 Å². The van der Waals surface area contributed by atoms with Crippen LogP contribution in [0.1, 0.15) is 18.1 Å². The molecule has 2 N–H and O–H groups in total. The van der Waals surface area contributed by atoms with Gasteiger partial charge in [0.25, 0.3) is 0 Å². The smallest absolute Gasteiger partial charge is 0.315 e. The van der Waals surface area contributed by atoms with E-state index in [9.17, 15) is 10.1 Å². The summed E-state index contributed by atoms with van der Waals surface area (Å²) in [6.45, 7) is 5.02. The Morgan fingerprint density at radius 2 is 1.95 bits per heavy atom. The highest BCUT2D eigenvalue weighted by Crippen LogP contribution is 2.33. The lowest BCUT2D eigenvalue weighted by Gasteiger charge is -2.11. The van der Waals surface area contributed by atoms with Gasteiger partial charge in [-0.25, -0.2) is 0 Å². The Labute approximate surface area is 123 Å². The molecule has 2 aromatic rings. The van der Waals surface area contributed by atoms with Gasteiger partial charge in [0.1, 0.15) is 11.4 Å². The number of aryl methyl sites for hydroxylation is 1. The number of benzene rings is 1. The maximum Gasteiger partial charge on any atom is 0.315 e. The predicted octanol–water partition coefficient (Wildman–Crippen LogP) is 3.34. The van der Waals surface area contributed by atoms with E-state index in [-0.39, 0.29) is 10.6 Å². The van der Waals surface area contributed by atoms with Gasteiger partial charge in [0.15, 0.2) is 0 Å². The standard InChI is InChI=1S/C15H18N4O2/c1-3-17-13-5-4-6-14(15(13)19(20)21)18-10-12-9-16-8-7-11(12)2/h4-9,17-18H,3,10H2,1-2H3. The van der Waals surface area contributed by atoms with E-state index in [0.717, 1.165) is 11.1 Å². The molecule has 0 aliphatic rings. The zero-order valence-electron chi connectivity index (χ0n) is 12.1. The summed E-state index contributed by atoms with van der Waals surface area (Å²) in [6, 6.07) is 7.14. The zero-order valence-corrected chi connectivity index (χ0v) is 12.1. The third kappa shape index (κ3) is 3.47. The molecule has 6 heteroatoms. The van der Waals surface area contributed by atoms with Crippen molar-refractivity contribution in [3.05, 3.63) is 57.9 Å². The van der Waals surface area contributed by atoms with Crippen molar-refractivity contribution in [2.24, 2.45) is 0 Å². The molecule has 1 aromatic heterocycles. The normalized spacial score (nSPS) is 10.2. The maximum atomic E-state index is 11.3. The highest BCUT2D eigenvalue weighted by molar-refractivity contribution is 5.76. The molecule has 0 aliphatic carbocycles. The van der Waals surface area contributed by atoms with Crippen molar-refractivity contribution in [3.8, 4) is 0 Å². The summed E-state index contributed by atoms with van der Waals surface area (Å²) in [7, 11) is 0. The van der Waals surface area contributed by atoms with Gasteiger partial charge < -0.3 is 10.6 Å². The molecule has 0 spiro atoms. The van der Waals surface area contributed by atoms with E-state index in [1.807, 2.05) is 19.9 Å². The molecular weight excluding hydrogens is 268 g/mol. The number of anilines is 2. The molecule has 1 heterocycles. The fourth-order valence-electron chi connectivity index (χ4n) is 2.09. The van der Waals surface area contributed by atoms with Gasteiger partial charge in [-0.05, 0) is 43.2 Å². The number of nitrogens with one attached hydrogen (secondary N) is 2. The Balaban J connectivity index is 2.25. The fourth-order valence-corrected chi connectivity index (χ4v) is 2.09. The number of rotatable bonds is 6. The second-order valence-corrected chi connectivity index (χ2v) is 4.64. The second-order valence-electron chi connectivity index (χ2n) is 4.64. The van der Waals surface area contributed by atoms with Crippen LogP contribution in [-0.4, -0.2) is 16.5 Å². The largest absolute Gasteiger partial charge is 0.380 e. The van der Waals surface area contributed by atoms with Crippen LogP contribution in [0.4, 0.5) is 17.1 Å². The molecule has 1 aromatic carbocycles. The maximum absolute atomic E-state index is 11.3. The number of nitrogens with zero attached hydrogens (tertiary/aromatic N) is 2. The van der Waals surface area contributed by atoms with Crippen molar-refractivity contribution in [1.82, 2.24) is 4.98 Å². The van der Waals surface area contributed by atoms with E-state index >= 15 is 0 Å². The van der Waals surface area contributed by atoms with Gasteiger partial charge in [0.05, 0.1) is 4.92 Å². The van der Waals surface area contributed by atoms with E-state index in [1.54, 1.807) is 30.6 Å². The summed E-state index contributed by atoms with van der Waals surface area (Å²) in [5.74, 6) is 0. The highest BCUT2D eigenvalue weighted by Gasteiger charge is 2.19. The molecule has 0 unspecified atom stereocenters. The third-order valence-corrected chi connectivity index (χ3v) is 3.20. The van der Waals surface area contributed by atoms with Crippen LogP contribution in [0.25, 0.3) is 0 Å². The molecule has 0 radical (unpaired) electrons. The first-order valence-electron chi connectivity index (χ1n) is 6.78. The minimum Gasteiger partial charge on any atom is -0.380 e. The first-order valence-corrected chi connectivity index (χ1v) is 6.78. The van der Waals surface area contributed by atoms with E-state index in [2.05, 4.69) is 15.6 Å². The summed E-state index contributed by atoms with van der Waals surface area (Å²) in [4.78, 5) is 15.0. The van der Waals surface area contributed by atoms with Gasteiger partial charge >= 0.3 is 5.69 Å². The summed E-state index contributed by atoms with van der Waals surface area (Å²) in [5, 5.41) is 17.5. The van der Waals surface area contributed by atoms with Crippen LogP contribution in [0, 0.1) is 17.0 Å². The molecule has 2 rings (SSSR count). The number of para-hydroxylation sites is 1. The number of nitro benzene ring substituents is 1. The zero-order chi connectivity index (χ0) is 15.2. The van der Waals surface area contributed by atoms with Gasteiger partial charge in [-0.1, -0.05) is 6.07 Å². The number of aromatic nitrogens is 1. The molecule has 6 nitrogen and oxygen atoms in total. The van der Waals surface area contributed by atoms with Crippen molar-refractivity contribution in [2.45, 2.75) is 20.4 Å². The molecule has 0 atom stereocenters. The highest BCUT2D eigenvalue weighted by atomic mass is 16.6. The minimum absolute atomic E-state index is 0.0703. The Morgan fingerprint density at radius 3 is 2.57 bits per heavy atom. The second kappa shape index (κ2) is 6.69. The van der Waals surface area contributed by atoms with Gasteiger partial charge in [-0.15, -0.1) is 0 Å². The Morgan fingerprint density at radius 1 is 1.24 bits per heavy atom. The monoisotopic (exact) mass is 286 g/mol. The fraction of sp³-hybridized carbons (Fsp3) is 0.267. The minimum atomic E-state index is -0.365. The SMILES string of the molecule is CCNc1cccc(NCc2cnccc2C)c1[N+](=O)[O-]. The van der Waals surface area contributed by atoms with Crippen LogP contribution in [0.2, 0.25) is 0 Å². The van der Waals surface area contributed by atoms with Crippen molar-refractivity contribution in [3.63, 3.8) is 0 Å². The number of nitro groups is 1. The number of hydrogen-bond donors (Lipinski definition) is 2. The number of hydrogen-bond acceptors (Lipinski definition) is 5. The first-order chi connectivity index (χ1) is 10.1. The quantitative estimate of drug-likeness (QED) is 0.629. The molecule has 0 bridgehead atoms. The molecule has 0 saturated carbocycles. The molecular formula is C15H18N4O2. The number of pyridine rings is 1. The molecule has 0 fully saturated rings. The van der Waals surface area contributed by atoms with Crippen LogP contribution in [0.15, 0.2) is 36.7 Å². The van der Waals surface area contributed by atoms with Crippen molar-refractivity contribution in [1.29, 1.82) is 0 Å². The molecule has 0 amide bonds. The molecule has 110 valence electrons. The topological polar surface area (TPSA) is 80.1 Å². The van der Waals surface area contributed by atoms with Gasteiger partial charge in [0.2, 0.25) is 0 Å². The first kappa shape index (κ1) is 14.8. The van der Waals surface area contributed by atoms with Crippen molar-refractivity contribution >= 4 is 17.1 Å². The van der Waals surface area contributed by atoms with Gasteiger partial charge in [0, 0.05) is 25.5 Å². The summed E-state index contributed by atoms with van der Waals surface area (Å²) < 4.78 is 0. The van der Waals surface area contributed by atoms with Crippen LogP contribution < -0.4 is 10.6 Å². The van der Waals surface area contributed by atoms with Gasteiger partial charge in [-0.2, -0.15) is 0 Å². The lowest BCUT2D eigenvalue weighted by Crippen LogP contribution is -2.07. The summed E-state index contributed by atoms with van der Waals surface area (Å²) >= 11 is 0. The van der Waals surface area contributed by atoms with Crippen LogP contribution in [-0.2, 0) is 6.54 Å². The van der Waals surface area contributed by atoms with E-state index < -0.39 is 0 Å². The van der Waals surface area contributed by atoms with E-state index in [4.69, 9.17) is 0 Å². The van der Waals surface area contributed by atoms with E-state index in [0.29, 0.717) is 24.5 Å². The van der Waals surface area contributed by atoms with Crippen LogP contribution >= 0.6 is 0 Å². The average molecular weight is 286 g/mol. The predicted molar refractivity (Wildman–Crippen MR) is 83.6 cm³/mol. The summed E-state index contributed by atoms with van der Waals surface area (Å²) in [5.41, 5.74) is 3.21. The third-order valence-electron chi connectivity index (χ3n) is 3.20. The average Bonchev–Trinajstić information content (AvgIpc) is 2.46. The Hall–Kier alpha value is -2.63. The van der Waals surface area contributed by atoms with E-state index in [1.165, 1.54) is 0 Å². The Kier molecular flexibility index (Phi) is 4.71. The van der Waals surface area contributed by atoms with Crippen molar-refractivity contribution in [2.75, 3.05) is 17.2 Å². The molecule has 0 aliphatic heterocycles. The van der Waals surface area contributed by atoms with Crippen molar-refractivity contribution < 1.29 is 4.92 Å². The molecule has 21 heavy (non-hydrogen) atoms. The lowest BCUT2D eigenvalue weighted by molar-refractivity contribution is -0.383.